The van der Waals surface area contributed by atoms with Gasteiger partial charge in [-0.1, -0.05) is 0 Å². The number of hydrogen-bond donors (Lipinski definition) is 2. The summed E-state index contributed by atoms with van der Waals surface area (Å²) in [5.74, 6) is 3.06. The van der Waals surface area contributed by atoms with Crippen LogP contribution in [-0.2, 0) is 38.1 Å². The Morgan fingerprint density at radius 3 is 2.17 bits per heavy atom. The van der Waals surface area contributed by atoms with Crippen molar-refractivity contribution in [1.82, 2.24) is 5.43 Å². The van der Waals surface area contributed by atoms with Gasteiger partial charge in [0.05, 0.1) is 6.42 Å². The Kier molecular flexibility index (Phi) is 7.39. The molecule has 0 saturated carbocycles. The summed E-state index contributed by atoms with van der Waals surface area (Å²) >= 11 is 0. The second-order valence-electron chi connectivity index (χ2n) is 4.91. The molecule has 1 fully saturated rings. The standard InChI is InChI=1S/C13H20N2O9/c1-6(16)20-5-10-12(22-8(3)18)9(21-7(2)17)4-11(23-10)24-13(19)15-14/h9-12H,4-5,14H2,1-3H3,(H,15,19)/t9?,10-,11?,12?/m1/s1. The average molecular weight is 348 g/mol. The van der Waals surface area contributed by atoms with Gasteiger partial charge >= 0.3 is 24.0 Å². The Bertz CT molecular complexity index is 496. The second-order valence-corrected chi connectivity index (χ2v) is 4.91. The lowest BCUT2D eigenvalue weighted by Crippen LogP contribution is -2.55. The van der Waals surface area contributed by atoms with Crippen LogP contribution in [0.4, 0.5) is 4.79 Å². The van der Waals surface area contributed by atoms with Crippen molar-refractivity contribution in [2.45, 2.75) is 51.8 Å². The fourth-order valence-corrected chi connectivity index (χ4v) is 2.13. The van der Waals surface area contributed by atoms with Crippen LogP contribution in [-0.4, -0.2) is 55.2 Å². The SMILES string of the molecule is CC(=O)OC[C@H]1OC(OC(=O)NN)CC(OC(C)=O)C1OC(C)=O. The molecule has 0 aromatic carbocycles. The Hall–Kier alpha value is -2.40. The van der Waals surface area contributed by atoms with E-state index in [0.29, 0.717) is 0 Å². The number of nitrogens with one attached hydrogen (secondary N) is 1. The molecule has 3 unspecified atom stereocenters. The fourth-order valence-electron chi connectivity index (χ4n) is 2.13. The summed E-state index contributed by atoms with van der Waals surface area (Å²) in [6.07, 6.45) is -5.22. The monoisotopic (exact) mass is 348 g/mol. The Balaban J connectivity index is 2.95. The third kappa shape index (κ3) is 6.38. The van der Waals surface area contributed by atoms with Crippen molar-refractivity contribution in [1.29, 1.82) is 0 Å². The van der Waals surface area contributed by atoms with Gasteiger partial charge in [-0.25, -0.2) is 10.6 Å². The lowest BCUT2D eigenvalue weighted by Gasteiger charge is -2.39. The first-order valence-corrected chi connectivity index (χ1v) is 7.03. The zero-order valence-electron chi connectivity index (χ0n) is 13.5. The van der Waals surface area contributed by atoms with Crippen LogP contribution in [0.1, 0.15) is 27.2 Å². The predicted octanol–water partition coefficient (Wildman–Crippen LogP) is -0.872. The first-order valence-electron chi connectivity index (χ1n) is 7.03. The molecule has 1 rings (SSSR count). The maximum atomic E-state index is 11.3. The zero-order chi connectivity index (χ0) is 18.3. The molecule has 0 aromatic heterocycles. The van der Waals surface area contributed by atoms with Crippen molar-refractivity contribution in [3.8, 4) is 0 Å². The van der Waals surface area contributed by atoms with Gasteiger partial charge < -0.3 is 23.7 Å². The fraction of sp³-hybridized carbons (Fsp3) is 0.692. The van der Waals surface area contributed by atoms with E-state index < -0.39 is 48.6 Å². The molecular weight excluding hydrogens is 328 g/mol. The summed E-state index contributed by atoms with van der Waals surface area (Å²) in [6.45, 7) is 3.22. The first kappa shape index (κ1) is 19.6. The first-order chi connectivity index (χ1) is 11.2. The van der Waals surface area contributed by atoms with Gasteiger partial charge in [0.15, 0.2) is 6.10 Å². The molecule has 1 heterocycles. The highest BCUT2D eigenvalue weighted by atomic mass is 16.7. The van der Waals surface area contributed by atoms with Gasteiger partial charge in [0.2, 0.25) is 6.29 Å². The summed E-state index contributed by atoms with van der Waals surface area (Å²) in [5, 5.41) is 0. The van der Waals surface area contributed by atoms with E-state index in [2.05, 4.69) is 0 Å². The van der Waals surface area contributed by atoms with E-state index in [9.17, 15) is 19.2 Å². The van der Waals surface area contributed by atoms with E-state index in [-0.39, 0.29) is 13.0 Å². The lowest BCUT2D eigenvalue weighted by molar-refractivity contribution is -0.251. The van der Waals surface area contributed by atoms with Gasteiger partial charge in [-0.15, -0.1) is 0 Å². The van der Waals surface area contributed by atoms with E-state index in [1.165, 1.54) is 13.8 Å². The van der Waals surface area contributed by atoms with Crippen LogP contribution in [0.3, 0.4) is 0 Å². The van der Waals surface area contributed by atoms with Crippen LogP contribution in [0, 0.1) is 0 Å². The highest BCUT2D eigenvalue weighted by molar-refractivity contribution is 5.68. The van der Waals surface area contributed by atoms with Crippen LogP contribution in [0.2, 0.25) is 0 Å². The topological polar surface area (TPSA) is 152 Å². The molecular formula is C13H20N2O9. The van der Waals surface area contributed by atoms with Gasteiger partial charge in [0.25, 0.3) is 0 Å². The molecule has 0 aromatic rings. The third-order valence-electron chi connectivity index (χ3n) is 2.91. The molecule has 24 heavy (non-hydrogen) atoms. The smallest absolute Gasteiger partial charge is 0.423 e. The summed E-state index contributed by atoms with van der Waals surface area (Å²) in [5.41, 5.74) is 1.76. The van der Waals surface area contributed by atoms with Gasteiger partial charge in [0.1, 0.15) is 18.8 Å². The van der Waals surface area contributed by atoms with Crippen molar-refractivity contribution in [3.05, 3.63) is 0 Å². The number of carbonyl (C=O) groups is 4. The molecule has 4 atom stereocenters. The highest BCUT2D eigenvalue weighted by Crippen LogP contribution is 2.27. The normalized spacial score (nSPS) is 26.0. The molecule has 3 N–H and O–H groups in total. The molecule has 0 bridgehead atoms. The number of hydrazine groups is 1. The number of carbonyl (C=O) groups excluding carboxylic acids is 4. The Labute approximate surface area is 137 Å². The summed E-state index contributed by atoms with van der Waals surface area (Å²) in [4.78, 5) is 44.8. The zero-order valence-corrected chi connectivity index (χ0v) is 13.5. The minimum Gasteiger partial charge on any atom is -0.463 e. The quantitative estimate of drug-likeness (QED) is 0.211. The van der Waals surface area contributed by atoms with E-state index >= 15 is 0 Å². The average Bonchev–Trinajstić information content (AvgIpc) is 2.46. The largest absolute Gasteiger partial charge is 0.463 e. The third-order valence-corrected chi connectivity index (χ3v) is 2.91. The number of hydrogen-bond acceptors (Lipinski definition) is 10. The van der Waals surface area contributed by atoms with Gasteiger partial charge in [-0.05, 0) is 0 Å². The molecule has 1 aliphatic rings. The van der Waals surface area contributed by atoms with Gasteiger partial charge in [0, 0.05) is 20.8 Å². The summed E-state index contributed by atoms with van der Waals surface area (Å²) in [7, 11) is 0. The van der Waals surface area contributed by atoms with Crippen LogP contribution < -0.4 is 11.3 Å². The predicted molar refractivity (Wildman–Crippen MR) is 74.8 cm³/mol. The maximum absolute atomic E-state index is 11.3. The van der Waals surface area contributed by atoms with Crippen molar-refractivity contribution in [3.63, 3.8) is 0 Å². The summed E-state index contributed by atoms with van der Waals surface area (Å²) < 4.78 is 25.4. The van der Waals surface area contributed by atoms with E-state index in [4.69, 9.17) is 29.5 Å². The van der Waals surface area contributed by atoms with Crippen LogP contribution in [0.15, 0.2) is 0 Å². The lowest BCUT2D eigenvalue weighted by atomic mass is 10.0. The van der Waals surface area contributed by atoms with Crippen molar-refractivity contribution in [2.75, 3.05) is 6.61 Å². The van der Waals surface area contributed by atoms with Crippen molar-refractivity contribution in [2.24, 2.45) is 5.84 Å². The molecule has 0 radical (unpaired) electrons. The van der Waals surface area contributed by atoms with Crippen molar-refractivity contribution >= 4 is 24.0 Å². The summed E-state index contributed by atoms with van der Waals surface area (Å²) in [6, 6.07) is 0. The van der Waals surface area contributed by atoms with E-state index in [1.54, 1.807) is 5.43 Å². The van der Waals surface area contributed by atoms with Crippen LogP contribution in [0.5, 0.6) is 0 Å². The minimum atomic E-state index is -1.15. The molecule has 1 saturated heterocycles. The minimum absolute atomic E-state index is 0.0957. The number of nitrogens with two attached hydrogens (primary N) is 1. The molecule has 0 aliphatic carbocycles. The van der Waals surface area contributed by atoms with Crippen molar-refractivity contribution < 1.29 is 42.9 Å². The molecule has 0 spiro atoms. The number of ether oxygens (including phenoxy) is 5. The molecule has 11 nitrogen and oxygen atoms in total. The molecule has 1 amide bonds. The number of rotatable bonds is 5. The second kappa shape index (κ2) is 9.03. The maximum Gasteiger partial charge on any atom is 0.423 e. The number of amides is 1. The van der Waals surface area contributed by atoms with Gasteiger partial charge in [-0.2, -0.15) is 0 Å². The van der Waals surface area contributed by atoms with E-state index in [0.717, 1.165) is 6.92 Å². The number of esters is 3. The molecule has 136 valence electrons. The molecule has 11 heteroatoms. The van der Waals surface area contributed by atoms with E-state index in [1.807, 2.05) is 0 Å². The highest BCUT2D eigenvalue weighted by Gasteiger charge is 2.45. The van der Waals surface area contributed by atoms with Gasteiger partial charge in [-0.3, -0.25) is 19.8 Å². The Morgan fingerprint density at radius 2 is 1.67 bits per heavy atom. The molecule has 1 aliphatic heterocycles. The van der Waals surface area contributed by atoms with Crippen LogP contribution >= 0.6 is 0 Å². The van der Waals surface area contributed by atoms with Crippen LogP contribution in [0.25, 0.3) is 0 Å². The Morgan fingerprint density at radius 1 is 1.04 bits per heavy atom.